The zero-order chi connectivity index (χ0) is 24.4. The van der Waals surface area contributed by atoms with Gasteiger partial charge in [-0.1, -0.05) is 12.1 Å². The van der Waals surface area contributed by atoms with E-state index in [1.165, 1.54) is 11.3 Å². The van der Waals surface area contributed by atoms with Crippen LogP contribution in [0.4, 0.5) is 5.00 Å². The minimum absolute atomic E-state index is 0.0669. The van der Waals surface area contributed by atoms with Gasteiger partial charge in [0.1, 0.15) is 10.6 Å². The Labute approximate surface area is 206 Å². The number of carbonyl (C=O) groups is 2. The van der Waals surface area contributed by atoms with Crippen LogP contribution in [0.2, 0.25) is 0 Å². The molecule has 176 valence electrons. The number of rotatable bonds is 7. The Balaban J connectivity index is 1.63. The summed E-state index contributed by atoms with van der Waals surface area (Å²) in [5.74, 6) is -0.885. The number of ether oxygens (including phenoxy) is 2. The maximum absolute atomic E-state index is 13.1. The first kappa shape index (κ1) is 23.8. The Morgan fingerprint density at radius 1 is 1.12 bits per heavy atom. The number of thiophene rings is 1. The largest absolute Gasteiger partial charge is 0.476 e. The third-order valence-electron chi connectivity index (χ3n) is 5.02. The van der Waals surface area contributed by atoms with E-state index >= 15 is 0 Å². The number of anilines is 1. The molecule has 0 aliphatic carbocycles. The molecule has 4 rings (SSSR count). The van der Waals surface area contributed by atoms with Gasteiger partial charge in [-0.15, -0.1) is 11.3 Å². The Bertz CT molecular complexity index is 1450. The van der Waals surface area contributed by atoms with Crippen LogP contribution in [-0.2, 0) is 9.53 Å². The number of hydrogen-bond acceptors (Lipinski definition) is 8. The van der Waals surface area contributed by atoms with Gasteiger partial charge in [0.15, 0.2) is 17.0 Å². The van der Waals surface area contributed by atoms with Crippen molar-refractivity contribution in [2.24, 2.45) is 0 Å². The summed E-state index contributed by atoms with van der Waals surface area (Å²) in [5.41, 5.74) is 0.965. The van der Waals surface area contributed by atoms with Crippen LogP contribution in [0.15, 0.2) is 54.7 Å². The minimum Gasteiger partial charge on any atom is -0.476 e. The lowest BCUT2D eigenvalue weighted by Gasteiger charge is -2.11. The number of nitrogens with one attached hydrogen (secondary N) is 1. The Hall–Kier alpha value is -3.37. The Morgan fingerprint density at radius 2 is 1.88 bits per heavy atom. The number of furan rings is 1. The van der Waals surface area contributed by atoms with Crippen LogP contribution in [-0.4, -0.2) is 25.1 Å². The van der Waals surface area contributed by atoms with E-state index in [0.29, 0.717) is 26.2 Å². The summed E-state index contributed by atoms with van der Waals surface area (Å²) >= 11 is 4.49. The van der Waals surface area contributed by atoms with Crippen LogP contribution in [0.3, 0.4) is 0 Å². The van der Waals surface area contributed by atoms with Crippen LogP contribution >= 0.6 is 27.3 Å². The molecule has 3 aromatic heterocycles. The maximum atomic E-state index is 13.1. The van der Waals surface area contributed by atoms with Crippen molar-refractivity contribution in [3.63, 3.8) is 0 Å². The first-order chi connectivity index (χ1) is 16.3. The van der Waals surface area contributed by atoms with E-state index in [0.717, 1.165) is 10.4 Å². The molecule has 0 aliphatic heterocycles. The van der Waals surface area contributed by atoms with Gasteiger partial charge in [-0.05, 0) is 66.5 Å². The topological polar surface area (TPSA) is 108 Å². The van der Waals surface area contributed by atoms with Gasteiger partial charge in [0.05, 0.1) is 17.6 Å². The Kier molecular flexibility index (Phi) is 6.90. The van der Waals surface area contributed by atoms with E-state index in [2.05, 4.69) is 21.2 Å². The highest BCUT2D eigenvalue weighted by molar-refractivity contribution is 9.10. The van der Waals surface area contributed by atoms with Crippen molar-refractivity contribution < 1.29 is 27.9 Å². The van der Waals surface area contributed by atoms with Crippen LogP contribution in [0.1, 0.15) is 27.7 Å². The van der Waals surface area contributed by atoms with Crippen LogP contribution < -0.4 is 15.5 Å². The molecule has 0 aliphatic rings. The highest BCUT2D eigenvalue weighted by Gasteiger charge is 2.24. The number of fused-ring (bicyclic) bond motifs is 1. The average Bonchev–Trinajstić information content (AvgIpc) is 3.35. The van der Waals surface area contributed by atoms with Gasteiger partial charge >= 0.3 is 5.97 Å². The fourth-order valence-electron chi connectivity index (χ4n) is 3.32. The van der Waals surface area contributed by atoms with Crippen LogP contribution in [0.25, 0.3) is 22.5 Å². The molecule has 0 unspecified atom stereocenters. The standard InChI is InChI=1S/C24H20BrNO7S/c1-4-30-24(29)19-12(2)13(3)34-23(19)26-18(27)11-31-22-20(28)14-7-5-6-8-15(14)33-21(22)16-9-10-17(25)32-16/h5-10H,4,11H2,1-3H3,(H,26,27). The number of esters is 1. The fraction of sp³-hybridized carbons (Fsp3) is 0.208. The van der Waals surface area contributed by atoms with Gasteiger partial charge in [0.2, 0.25) is 16.9 Å². The number of amides is 1. The molecule has 1 N–H and O–H groups in total. The molecule has 1 aromatic carbocycles. The van der Waals surface area contributed by atoms with Crippen molar-refractivity contribution in [3.8, 4) is 17.3 Å². The molecule has 1 amide bonds. The summed E-state index contributed by atoms with van der Waals surface area (Å²) in [6.45, 7) is 5.08. The third-order valence-corrected chi connectivity index (χ3v) is 6.57. The van der Waals surface area contributed by atoms with E-state index in [9.17, 15) is 14.4 Å². The predicted molar refractivity (Wildman–Crippen MR) is 132 cm³/mol. The SMILES string of the molecule is CCOC(=O)c1c(NC(=O)COc2c(-c3ccc(Br)o3)oc3ccccc3c2=O)sc(C)c1C. The molecule has 0 saturated carbocycles. The van der Waals surface area contributed by atoms with Crippen molar-refractivity contribution in [2.45, 2.75) is 20.8 Å². The van der Waals surface area contributed by atoms with Gasteiger partial charge in [-0.25, -0.2) is 4.79 Å². The second kappa shape index (κ2) is 9.86. The van der Waals surface area contributed by atoms with Gasteiger partial charge in [-0.3, -0.25) is 9.59 Å². The number of benzene rings is 1. The molecular formula is C24H20BrNO7S. The lowest BCUT2D eigenvalue weighted by atomic mass is 10.1. The summed E-state index contributed by atoms with van der Waals surface area (Å²) in [5, 5.41) is 3.36. The maximum Gasteiger partial charge on any atom is 0.341 e. The summed E-state index contributed by atoms with van der Waals surface area (Å²) in [7, 11) is 0. The molecule has 0 saturated heterocycles. The van der Waals surface area contributed by atoms with Crippen LogP contribution in [0.5, 0.6) is 5.75 Å². The first-order valence-corrected chi connectivity index (χ1v) is 11.9. The molecule has 0 spiro atoms. The number of aryl methyl sites for hydroxylation is 1. The molecule has 10 heteroatoms. The lowest BCUT2D eigenvalue weighted by Crippen LogP contribution is -2.23. The van der Waals surface area contributed by atoms with Crippen molar-refractivity contribution in [1.82, 2.24) is 0 Å². The molecule has 0 atom stereocenters. The van der Waals surface area contributed by atoms with Gasteiger partial charge in [0, 0.05) is 4.88 Å². The van der Waals surface area contributed by atoms with E-state index in [-0.39, 0.29) is 23.9 Å². The summed E-state index contributed by atoms with van der Waals surface area (Å²) < 4.78 is 22.7. The molecule has 3 heterocycles. The quantitative estimate of drug-likeness (QED) is 0.297. The summed E-state index contributed by atoms with van der Waals surface area (Å²) in [6.07, 6.45) is 0. The second-order valence-corrected chi connectivity index (χ2v) is 9.24. The normalized spacial score (nSPS) is 10.9. The predicted octanol–water partition coefficient (Wildman–Crippen LogP) is 5.69. The molecule has 34 heavy (non-hydrogen) atoms. The zero-order valence-corrected chi connectivity index (χ0v) is 20.9. The minimum atomic E-state index is -0.550. The number of halogens is 1. The number of hydrogen-bond donors (Lipinski definition) is 1. The average molecular weight is 546 g/mol. The van der Waals surface area contributed by atoms with E-state index < -0.39 is 23.9 Å². The summed E-state index contributed by atoms with van der Waals surface area (Å²) in [6, 6.07) is 9.99. The highest BCUT2D eigenvalue weighted by atomic mass is 79.9. The van der Waals surface area contributed by atoms with Crippen molar-refractivity contribution in [2.75, 3.05) is 18.5 Å². The van der Waals surface area contributed by atoms with Crippen molar-refractivity contribution in [1.29, 1.82) is 0 Å². The molecular weight excluding hydrogens is 526 g/mol. The van der Waals surface area contributed by atoms with Crippen LogP contribution in [0, 0.1) is 13.8 Å². The highest BCUT2D eigenvalue weighted by Crippen LogP contribution is 2.34. The van der Waals surface area contributed by atoms with E-state index in [1.54, 1.807) is 50.2 Å². The fourth-order valence-corrected chi connectivity index (χ4v) is 4.69. The summed E-state index contributed by atoms with van der Waals surface area (Å²) in [4.78, 5) is 39.1. The third kappa shape index (κ3) is 4.64. The molecule has 8 nitrogen and oxygen atoms in total. The monoisotopic (exact) mass is 545 g/mol. The van der Waals surface area contributed by atoms with Crippen molar-refractivity contribution >= 4 is 55.1 Å². The van der Waals surface area contributed by atoms with Gasteiger partial charge in [-0.2, -0.15) is 0 Å². The smallest absolute Gasteiger partial charge is 0.341 e. The molecule has 0 fully saturated rings. The van der Waals surface area contributed by atoms with E-state index in [1.807, 2.05) is 6.92 Å². The van der Waals surface area contributed by atoms with Gasteiger partial charge < -0.3 is 23.6 Å². The lowest BCUT2D eigenvalue weighted by molar-refractivity contribution is -0.118. The van der Waals surface area contributed by atoms with E-state index in [4.69, 9.17) is 18.3 Å². The number of carbonyl (C=O) groups excluding carboxylic acids is 2. The Morgan fingerprint density at radius 3 is 2.59 bits per heavy atom. The second-order valence-electron chi connectivity index (χ2n) is 7.23. The van der Waals surface area contributed by atoms with Gasteiger partial charge in [0.25, 0.3) is 5.91 Å². The van der Waals surface area contributed by atoms with Crippen molar-refractivity contribution in [3.05, 3.63) is 67.3 Å². The molecule has 0 bridgehead atoms. The number of para-hydroxylation sites is 1. The molecule has 0 radical (unpaired) electrons. The molecule has 4 aromatic rings. The first-order valence-electron chi connectivity index (χ1n) is 10.3. The zero-order valence-electron chi connectivity index (χ0n) is 18.5.